The third-order valence-electron chi connectivity index (χ3n) is 2.35. The van der Waals surface area contributed by atoms with Gasteiger partial charge in [-0.2, -0.15) is 4.31 Å². The highest BCUT2D eigenvalue weighted by molar-refractivity contribution is 8.01. The molecular weight excluding hydrogens is 328 g/mol. The van der Waals surface area contributed by atoms with Crippen molar-refractivity contribution in [3.8, 4) is 0 Å². The van der Waals surface area contributed by atoms with Gasteiger partial charge < -0.3 is 10.4 Å². The summed E-state index contributed by atoms with van der Waals surface area (Å²) < 4.78 is 25.1. The first-order chi connectivity index (χ1) is 9.32. The number of carbonyl (C=O) groups excluding carboxylic acids is 1. The van der Waals surface area contributed by atoms with Gasteiger partial charge in [0.2, 0.25) is 15.4 Å². The van der Waals surface area contributed by atoms with E-state index >= 15 is 0 Å². The summed E-state index contributed by atoms with van der Waals surface area (Å²) >= 11 is 1.89. The number of nitrogens with zero attached hydrogens (tertiary/aromatic N) is 3. The minimum absolute atomic E-state index is 0.0500. The molecule has 1 saturated heterocycles. The number of amides is 1. The van der Waals surface area contributed by atoms with Gasteiger partial charge in [-0.15, -0.1) is 22.0 Å². The Morgan fingerprint density at radius 2 is 2.15 bits per heavy atom. The van der Waals surface area contributed by atoms with Gasteiger partial charge in [-0.25, -0.2) is 8.42 Å². The number of nitrogens with one attached hydrogen (secondary N) is 1. The van der Waals surface area contributed by atoms with Crippen LogP contribution >= 0.6 is 23.1 Å². The first-order valence-corrected chi connectivity index (χ1v) is 8.67. The van der Waals surface area contributed by atoms with Crippen molar-refractivity contribution in [1.82, 2.24) is 14.5 Å². The maximum atomic E-state index is 12.3. The first kappa shape index (κ1) is 15.2. The number of thioether (sulfide) groups is 1. The molecule has 20 heavy (non-hydrogen) atoms. The van der Waals surface area contributed by atoms with Gasteiger partial charge in [-0.3, -0.25) is 9.59 Å². The fourth-order valence-corrected chi connectivity index (χ4v) is 5.67. The summed E-state index contributed by atoms with van der Waals surface area (Å²) in [5.41, 5.74) is 0. The molecule has 1 aliphatic heterocycles. The van der Waals surface area contributed by atoms with E-state index in [0.29, 0.717) is 11.3 Å². The van der Waals surface area contributed by atoms with Crippen LogP contribution in [0.5, 0.6) is 0 Å². The quantitative estimate of drug-likeness (QED) is 0.712. The van der Waals surface area contributed by atoms with Crippen molar-refractivity contribution in [2.75, 3.05) is 16.9 Å². The zero-order chi connectivity index (χ0) is 14.9. The van der Waals surface area contributed by atoms with E-state index in [1.165, 1.54) is 18.7 Å². The van der Waals surface area contributed by atoms with E-state index in [1.54, 1.807) is 0 Å². The van der Waals surface area contributed by atoms with Crippen LogP contribution in [0.3, 0.4) is 0 Å². The molecule has 2 heterocycles. The molecule has 1 aromatic rings. The third kappa shape index (κ3) is 2.92. The maximum Gasteiger partial charge on any atom is 0.322 e. The van der Waals surface area contributed by atoms with Crippen LogP contribution in [0.2, 0.25) is 0 Å². The molecule has 1 aromatic heterocycles. The molecule has 12 heteroatoms. The lowest BCUT2D eigenvalue weighted by molar-refractivity contribution is -0.140. The predicted molar refractivity (Wildman–Crippen MR) is 72.0 cm³/mol. The Morgan fingerprint density at radius 1 is 1.45 bits per heavy atom. The summed E-state index contributed by atoms with van der Waals surface area (Å²) in [6.45, 7) is 1.26. The molecule has 0 unspecified atom stereocenters. The number of carboxylic acids is 1. The summed E-state index contributed by atoms with van der Waals surface area (Å²) in [5.74, 6) is -1.37. The predicted octanol–water partition coefficient (Wildman–Crippen LogP) is -0.355. The molecule has 0 saturated carbocycles. The average Bonchev–Trinajstić information content (AvgIpc) is 2.95. The fourth-order valence-electron chi connectivity index (χ4n) is 1.47. The smallest absolute Gasteiger partial charge is 0.322 e. The van der Waals surface area contributed by atoms with E-state index in [2.05, 4.69) is 15.5 Å². The summed E-state index contributed by atoms with van der Waals surface area (Å²) in [6, 6.07) is -1.11. The lowest BCUT2D eigenvalue weighted by Crippen LogP contribution is -2.41. The van der Waals surface area contributed by atoms with Crippen molar-refractivity contribution < 1.29 is 23.1 Å². The summed E-state index contributed by atoms with van der Waals surface area (Å²) in [6.07, 6.45) is 0. The van der Waals surface area contributed by atoms with Crippen molar-refractivity contribution in [3.05, 3.63) is 0 Å². The van der Waals surface area contributed by atoms with E-state index in [0.717, 1.165) is 4.31 Å². The minimum atomic E-state index is -4.02. The van der Waals surface area contributed by atoms with Gasteiger partial charge in [0.15, 0.2) is 0 Å². The van der Waals surface area contributed by atoms with Crippen molar-refractivity contribution >= 4 is 50.1 Å². The molecule has 0 aliphatic carbocycles. The summed E-state index contributed by atoms with van der Waals surface area (Å²) in [7, 11) is -4.02. The van der Waals surface area contributed by atoms with Crippen molar-refractivity contribution in [2.45, 2.75) is 17.3 Å². The van der Waals surface area contributed by atoms with Crippen molar-refractivity contribution in [3.63, 3.8) is 0 Å². The van der Waals surface area contributed by atoms with E-state index in [4.69, 9.17) is 5.11 Å². The second kappa shape index (κ2) is 5.63. The number of carboxylic acid groups (broad SMARTS) is 1. The van der Waals surface area contributed by atoms with Crippen LogP contribution in [0, 0.1) is 0 Å². The van der Waals surface area contributed by atoms with Crippen LogP contribution in [0.1, 0.15) is 6.92 Å². The Hall–Kier alpha value is -1.24. The normalized spacial score (nSPS) is 19.9. The molecule has 2 rings (SSSR count). The van der Waals surface area contributed by atoms with Crippen molar-refractivity contribution in [2.24, 2.45) is 0 Å². The molecule has 0 bridgehead atoms. The number of sulfonamides is 1. The molecule has 0 spiro atoms. The van der Waals surface area contributed by atoms with Gasteiger partial charge in [0.25, 0.3) is 10.0 Å². The van der Waals surface area contributed by atoms with E-state index in [1.807, 2.05) is 0 Å². The topological polar surface area (TPSA) is 130 Å². The maximum absolute atomic E-state index is 12.3. The number of carbonyl (C=O) groups is 2. The highest BCUT2D eigenvalue weighted by Gasteiger charge is 2.41. The van der Waals surface area contributed by atoms with Gasteiger partial charge in [0.1, 0.15) is 6.04 Å². The number of anilines is 1. The lowest BCUT2D eigenvalue weighted by Gasteiger charge is -2.17. The van der Waals surface area contributed by atoms with E-state index in [-0.39, 0.29) is 21.1 Å². The zero-order valence-electron chi connectivity index (χ0n) is 10.1. The number of hydrogen-bond acceptors (Lipinski definition) is 8. The average molecular weight is 338 g/mol. The van der Waals surface area contributed by atoms with Crippen LogP contribution in [0.15, 0.2) is 4.34 Å². The Kier molecular flexibility index (Phi) is 4.27. The van der Waals surface area contributed by atoms with Crippen LogP contribution < -0.4 is 5.32 Å². The van der Waals surface area contributed by atoms with E-state index < -0.39 is 27.9 Å². The van der Waals surface area contributed by atoms with Gasteiger partial charge in [-0.05, 0) is 0 Å². The molecule has 0 aromatic carbocycles. The number of aliphatic carboxylic acids is 1. The van der Waals surface area contributed by atoms with Crippen LogP contribution in [-0.4, -0.2) is 57.6 Å². The second-order valence-corrected chi connectivity index (χ2v) is 7.84. The Labute approximate surface area is 122 Å². The lowest BCUT2D eigenvalue weighted by atomic mass is 10.4. The Morgan fingerprint density at radius 3 is 2.75 bits per heavy atom. The second-order valence-electron chi connectivity index (χ2n) is 3.80. The van der Waals surface area contributed by atoms with Crippen LogP contribution in [0.4, 0.5) is 5.13 Å². The highest BCUT2D eigenvalue weighted by Crippen LogP contribution is 2.30. The van der Waals surface area contributed by atoms with Crippen LogP contribution in [0.25, 0.3) is 0 Å². The molecule has 2 N–H and O–H groups in total. The fraction of sp³-hybridized carbons (Fsp3) is 0.500. The van der Waals surface area contributed by atoms with Gasteiger partial charge in [0.05, 0.1) is 5.88 Å². The van der Waals surface area contributed by atoms with Gasteiger partial charge in [0, 0.05) is 12.7 Å². The van der Waals surface area contributed by atoms with Gasteiger partial charge >= 0.3 is 5.97 Å². The zero-order valence-corrected chi connectivity index (χ0v) is 12.6. The summed E-state index contributed by atoms with van der Waals surface area (Å²) in [4.78, 5) is 21.9. The molecule has 110 valence electrons. The SMILES string of the molecule is CC(=O)Nc1nnc(S(=O)(=O)N2CSC[C@H]2C(=O)O)s1. The molecule has 1 aliphatic rings. The molecule has 0 radical (unpaired) electrons. The molecule has 1 atom stereocenters. The largest absolute Gasteiger partial charge is 0.480 e. The Balaban J connectivity index is 2.28. The number of hydrogen-bond donors (Lipinski definition) is 2. The number of rotatable bonds is 4. The van der Waals surface area contributed by atoms with Crippen molar-refractivity contribution in [1.29, 1.82) is 0 Å². The molecule has 1 amide bonds. The monoisotopic (exact) mass is 338 g/mol. The third-order valence-corrected chi connectivity index (χ3v) is 6.56. The highest BCUT2D eigenvalue weighted by atomic mass is 32.2. The van der Waals surface area contributed by atoms with Gasteiger partial charge in [-0.1, -0.05) is 11.3 Å². The number of aromatic nitrogens is 2. The standard InChI is InChI=1S/C8H10N4O5S3/c1-4(13)9-7-10-11-8(19-7)20(16,17)12-3-18-2-5(12)6(14)15/h5H,2-3H2,1H3,(H,14,15)(H,9,10,13)/t5-/m0/s1. The first-order valence-electron chi connectivity index (χ1n) is 5.26. The van der Waals surface area contributed by atoms with Crippen LogP contribution in [-0.2, 0) is 19.6 Å². The molecular formula is C8H10N4O5S3. The molecule has 1 fully saturated rings. The Bertz CT molecular complexity index is 642. The minimum Gasteiger partial charge on any atom is -0.480 e. The summed E-state index contributed by atoms with van der Waals surface area (Å²) in [5, 5.41) is 18.4. The molecule has 9 nitrogen and oxygen atoms in total. The van der Waals surface area contributed by atoms with E-state index in [9.17, 15) is 18.0 Å².